The Balaban J connectivity index is 1.50. The van der Waals surface area contributed by atoms with Crippen LogP contribution in [0.3, 0.4) is 0 Å². The third kappa shape index (κ3) is 5.99. The Labute approximate surface area is 212 Å². The standard InChI is InChI=1S/C22H24Cl2FN5O2S2/c1-29-5-7-30(8-6-29)12-15-3-2-4-17(23)16(15)11-26-20-10-19(25)21(9-18(20)24)34(31,32)28-22-13-33-14-27-22/h2-4,9-10,13-14,26,28H,5-8,11-12H2,1H3. The smallest absolute Gasteiger partial charge is 0.266 e. The number of hydrogen-bond acceptors (Lipinski definition) is 7. The molecular weight excluding hydrogens is 520 g/mol. The minimum absolute atomic E-state index is 0.0766. The summed E-state index contributed by atoms with van der Waals surface area (Å²) in [6.45, 7) is 5.03. The lowest BCUT2D eigenvalue weighted by molar-refractivity contribution is 0.148. The number of anilines is 2. The first kappa shape index (κ1) is 25.2. The van der Waals surface area contributed by atoms with Gasteiger partial charge in [0, 0.05) is 49.7 Å². The molecule has 0 radical (unpaired) electrons. The van der Waals surface area contributed by atoms with Gasteiger partial charge in [-0.2, -0.15) is 0 Å². The number of aromatic nitrogens is 1. The van der Waals surface area contributed by atoms with Gasteiger partial charge in [0.25, 0.3) is 10.0 Å². The van der Waals surface area contributed by atoms with Gasteiger partial charge in [-0.05, 0) is 36.4 Å². The van der Waals surface area contributed by atoms with Crippen molar-refractivity contribution >= 4 is 56.1 Å². The van der Waals surface area contributed by atoms with Crippen LogP contribution in [0.2, 0.25) is 10.0 Å². The lowest BCUT2D eigenvalue weighted by Gasteiger charge is -2.33. The highest BCUT2D eigenvalue weighted by Crippen LogP contribution is 2.31. The monoisotopic (exact) mass is 543 g/mol. The van der Waals surface area contributed by atoms with Gasteiger partial charge in [-0.25, -0.2) is 17.8 Å². The van der Waals surface area contributed by atoms with E-state index in [0.717, 1.165) is 56.0 Å². The summed E-state index contributed by atoms with van der Waals surface area (Å²) in [5.41, 5.74) is 3.72. The summed E-state index contributed by atoms with van der Waals surface area (Å²) in [6, 6.07) is 7.93. The van der Waals surface area contributed by atoms with Gasteiger partial charge in [-0.1, -0.05) is 35.3 Å². The fourth-order valence-corrected chi connectivity index (χ4v) is 5.91. The van der Waals surface area contributed by atoms with Crippen LogP contribution >= 0.6 is 34.5 Å². The van der Waals surface area contributed by atoms with Gasteiger partial charge in [-0.3, -0.25) is 9.62 Å². The van der Waals surface area contributed by atoms with Gasteiger partial charge < -0.3 is 10.2 Å². The highest BCUT2D eigenvalue weighted by Gasteiger charge is 2.23. The van der Waals surface area contributed by atoms with Gasteiger partial charge in [0.1, 0.15) is 10.7 Å². The number of likely N-dealkylation sites (N-methyl/N-ethyl adjacent to an activating group) is 1. The zero-order valence-corrected chi connectivity index (χ0v) is 21.5. The Bertz CT molecular complexity index is 1250. The van der Waals surface area contributed by atoms with Crippen molar-refractivity contribution in [3.8, 4) is 0 Å². The minimum atomic E-state index is -4.18. The molecule has 1 aromatic heterocycles. The number of piperazine rings is 1. The lowest BCUT2D eigenvalue weighted by atomic mass is 10.1. The number of sulfonamides is 1. The number of hydrogen-bond donors (Lipinski definition) is 2. The van der Waals surface area contributed by atoms with Crippen molar-refractivity contribution in [1.29, 1.82) is 0 Å². The topological polar surface area (TPSA) is 77.6 Å². The van der Waals surface area contributed by atoms with Crippen molar-refractivity contribution in [3.63, 3.8) is 0 Å². The first-order chi connectivity index (χ1) is 16.2. The molecule has 12 heteroatoms. The summed E-state index contributed by atoms with van der Waals surface area (Å²) < 4.78 is 42.2. The van der Waals surface area contributed by atoms with E-state index in [4.69, 9.17) is 23.2 Å². The number of thiazole rings is 1. The molecule has 2 aromatic carbocycles. The maximum absolute atomic E-state index is 14.8. The quantitative estimate of drug-likeness (QED) is 0.427. The largest absolute Gasteiger partial charge is 0.380 e. The molecule has 1 aliphatic rings. The van der Waals surface area contributed by atoms with Crippen molar-refractivity contribution in [3.05, 3.63) is 68.2 Å². The Kier molecular flexibility index (Phi) is 7.96. The predicted molar refractivity (Wildman–Crippen MR) is 136 cm³/mol. The van der Waals surface area contributed by atoms with Crippen molar-refractivity contribution in [1.82, 2.24) is 14.8 Å². The van der Waals surface area contributed by atoms with E-state index in [9.17, 15) is 12.8 Å². The average molecular weight is 545 g/mol. The Hall–Kier alpha value is -1.95. The van der Waals surface area contributed by atoms with Crippen LogP contribution in [-0.4, -0.2) is 56.4 Å². The number of nitrogens with one attached hydrogen (secondary N) is 2. The number of rotatable bonds is 8. The third-order valence-corrected chi connectivity index (χ3v) is 8.27. The molecule has 3 aromatic rings. The molecule has 34 heavy (non-hydrogen) atoms. The zero-order valence-electron chi connectivity index (χ0n) is 18.4. The second kappa shape index (κ2) is 10.8. The van der Waals surface area contributed by atoms with E-state index in [1.807, 2.05) is 18.2 Å². The molecule has 4 rings (SSSR count). The van der Waals surface area contributed by atoms with Crippen molar-refractivity contribution in [2.75, 3.05) is 43.3 Å². The van der Waals surface area contributed by atoms with Crippen LogP contribution in [0.4, 0.5) is 15.9 Å². The van der Waals surface area contributed by atoms with E-state index in [-0.39, 0.29) is 16.5 Å². The predicted octanol–water partition coefficient (Wildman–Crippen LogP) is 4.75. The highest BCUT2D eigenvalue weighted by atomic mass is 35.5. The van der Waals surface area contributed by atoms with Gasteiger partial charge in [0.15, 0.2) is 5.82 Å². The summed E-state index contributed by atoms with van der Waals surface area (Å²) in [6.07, 6.45) is 0. The van der Waals surface area contributed by atoms with Crippen molar-refractivity contribution in [2.24, 2.45) is 0 Å². The molecule has 182 valence electrons. The molecule has 0 spiro atoms. The van der Waals surface area contributed by atoms with Gasteiger partial charge in [0.05, 0.1) is 16.2 Å². The Morgan fingerprint density at radius 2 is 1.91 bits per heavy atom. The first-order valence-electron chi connectivity index (χ1n) is 10.5. The maximum Gasteiger partial charge on any atom is 0.266 e. The van der Waals surface area contributed by atoms with Gasteiger partial charge in [0.2, 0.25) is 0 Å². The van der Waals surface area contributed by atoms with E-state index in [1.54, 1.807) is 0 Å². The average Bonchev–Trinajstić information content (AvgIpc) is 3.29. The van der Waals surface area contributed by atoms with Crippen LogP contribution in [0.1, 0.15) is 11.1 Å². The molecule has 2 heterocycles. The lowest BCUT2D eigenvalue weighted by Crippen LogP contribution is -2.44. The normalized spacial score (nSPS) is 15.4. The van der Waals surface area contributed by atoms with E-state index in [1.165, 1.54) is 22.2 Å². The van der Waals surface area contributed by atoms with Crippen LogP contribution in [0.5, 0.6) is 0 Å². The summed E-state index contributed by atoms with van der Waals surface area (Å²) in [7, 11) is -2.07. The van der Waals surface area contributed by atoms with Crippen LogP contribution in [0, 0.1) is 5.82 Å². The van der Waals surface area contributed by atoms with Gasteiger partial charge >= 0.3 is 0 Å². The fraction of sp³-hybridized carbons (Fsp3) is 0.318. The second-order valence-electron chi connectivity index (χ2n) is 8.05. The molecule has 0 saturated carbocycles. The van der Waals surface area contributed by atoms with Crippen LogP contribution in [0.25, 0.3) is 0 Å². The zero-order chi connectivity index (χ0) is 24.3. The molecule has 0 aliphatic carbocycles. The van der Waals surface area contributed by atoms with Crippen LogP contribution in [-0.2, 0) is 23.1 Å². The van der Waals surface area contributed by atoms with E-state index in [0.29, 0.717) is 11.6 Å². The summed E-state index contributed by atoms with van der Waals surface area (Å²) in [4.78, 5) is 7.98. The van der Waals surface area contributed by atoms with Crippen LogP contribution in [0.15, 0.2) is 46.1 Å². The molecule has 7 nitrogen and oxygen atoms in total. The molecule has 2 N–H and O–H groups in total. The molecule has 0 unspecified atom stereocenters. The highest BCUT2D eigenvalue weighted by molar-refractivity contribution is 7.92. The minimum Gasteiger partial charge on any atom is -0.380 e. The van der Waals surface area contributed by atoms with E-state index < -0.39 is 20.7 Å². The number of halogens is 3. The maximum atomic E-state index is 14.8. The number of benzene rings is 2. The molecule has 0 amide bonds. The van der Waals surface area contributed by atoms with E-state index >= 15 is 0 Å². The first-order valence-corrected chi connectivity index (χ1v) is 13.7. The van der Waals surface area contributed by atoms with Crippen LogP contribution < -0.4 is 10.0 Å². The summed E-state index contributed by atoms with van der Waals surface area (Å²) >= 11 is 14.0. The molecule has 0 atom stereocenters. The molecule has 0 bridgehead atoms. The molecule has 1 aliphatic heterocycles. The summed E-state index contributed by atoms with van der Waals surface area (Å²) in [5, 5.41) is 5.30. The fourth-order valence-electron chi connectivity index (χ4n) is 3.71. The van der Waals surface area contributed by atoms with E-state index in [2.05, 4.69) is 31.9 Å². The Morgan fingerprint density at radius 3 is 2.62 bits per heavy atom. The Morgan fingerprint density at radius 1 is 1.15 bits per heavy atom. The molecule has 1 fully saturated rings. The van der Waals surface area contributed by atoms with Crippen molar-refractivity contribution in [2.45, 2.75) is 18.0 Å². The second-order valence-corrected chi connectivity index (χ2v) is 11.2. The van der Waals surface area contributed by atoms with Gasteiger partial charge in [-0.15, -0.1) is 11.3 Å². The van der Waals surface area contributed by atoms with Crippen molar-refractivity contribution < 1.29 is 12.8 Å². The molecular formula is C22H24Cl2FN5O2S2. The molecule has 1 saturated heterocycles. The third-order valence-electron chi connectivity index (χ3n) is 5.64. The summed E-state index contributed by atoms with van der Waals surface area (Å²) in [5.74, 6) is -0.805. The SMILES string of the molecule is CN1CCN(Cc2cccc(Cl)c2CNc2cc(F)c(S(=O)(=O)Nc3cscn3)cc2Cl)CC1. The number of nitrogens with zero attached hydrogens (tertiary/aromatic N) is 3.